The average molecular weight is 385 g/mol. The van der Waals surface area contributed by atoms with Crippen molar-refractivity contribution < 1.29 is 9.72 Å². The molecule has 27 heavy (non-hydrogen) atoms. The number of amides is 1. The number of carbonyl (C=O) groups excluding carboxylic acids is 1. The van der Waals surface area contributed by atoms with Crippen molar-refractivity contribution in [3.8, 4) is 0 Å². The first-order chi connectivity index (χ1) is 12.8. The Kier molecular flexibility index (Phi) is 4.22. The van der Waals surface area contributed by atoms with E-state index in [1.165, 1.54) is 10.9 Å². The number of rotatable bonds is 2. The number of fused-ring (bicyclic) bond motifs is 3. The van der Waals surface area contributed by atoms with E-state index in [1.54, 1.807) is 29.5 Å². The Morgan fingerprint density at radius 2 is 1.96 bits per heavy atom. The minimum atomic E-state index is -0.592. The first-order valence-corrected chi connectivity index (χ1v) is 10.0. The predicted octanol–water partition coefficient (Wildman–Crippen LogP) is 4.66. The molecule has 2 atom stereocenters. The van der Waals surface area contributed by atoms with Gasteiger partial charge in [0.05, 0.1) is 16.1 Å². The molecule has 1 aliphatic carbocycles. The molecule has 1 aromatic heterocycles. The summed E-state index contributed by atoms with van der Waals surface area (Å²) in [5.41, 5.74) is 2.61. The van der Waals surface area contributed by atoms with Gasteiger partial charge in [-0.3, -0.25) is 14.9 Å². The second-order valence-electron chi connectivity index (χ2n) is 8.38. The number of nitro groups is 1. The molecule has 2 N–H and O–H groups in total. The molecule has 4 rings (SSSR count). The van der Waals surface area contributed by atoms with Gasteiger partial charge in [-0.25, -0.2) is 0 Å². The second-order valence-corrected chi connectivity index (χ2v) is 9.49. The van der Waals surface area contributed by atoms with Gasteiger partial charge in [-0.2, -0.15) is 0 Å². The Bertz CT molecular complexity index is 929. The molecule has 0 fully saturated rings. The quantitative estimate of drug-likeness (QED) is 0.582. The summed E-state index contributed by atoms with van der Waals surface area (Å²) in [6.45, 7) is 6.81. The van der Waals surface area contributed by atoms with Crippen molar-refractivity contribution in [1.82, 2.24) is 5.32 Å². The lowest BCUT2D eigenvalue weighted by molar-refractivity contribution is -0.385. The van der Waals surface area contributed by atoms with Crippen LogP contribution in [-0.2, 0) is 12.8 Å². The minimum absolute atomic E-state index is 0.00728. The van der Waals surface area contributed by atoms with Crippen LogP contribution in [0.2, 0.25) is 0 Å². The van der Waals surface area contributed by atoms with Crippen LogP contribution in [0.15, 0.2) is 24.3 Å². The van der Waals surface area contributed by atoms with E-state index in [9.17, 15) is 14.9 Å². The van der Waals surface area contributed by atoms with Gasteiger partial charge < -0.3 is 10.6 Å². The Hall–Kier alpha value is -2.41. The van der Waals surface area contributed by atoms with Crippen LogP contribution in [0.3, 0.4) is 0 Å². The first kappa shape index (κ1) is 18.0. The molecular weight excluding hydrogens is 362 g/mol. The second kappa shape index (κ2) is 6.34. The number of benzene rings is 1. The maximum absolute atomic E-state index is 12.8. The summed E-state index contributed by atoms with van der Waals surface area (Å²) < 4.78 is 0. The highest BCUT2D eigenvalue weighted by Crippen LogP contribution is 2.46. The van der Waals surface area contributed by atoms with E-state index in [0.29, 0.717) is 11.5 Å². The van der Waals surface area contributed by atoms with Gasteiger partial charge in [0.2, 0.25) is 0 Å². The predicted molar refractivity (Wildman–Crippen MR) is 106 cm³/mol. The van der Waals surface area contributed by atoms with Crippen molar-refractivity contribution in [1.29, 1.82) is 0 Å². The summed E-state index contributed by atoms with van der Waals surface area (Å²) in [4.78, 5) is 25.1. The highest BCUT2D eigenvalue weighted by Gasteiger charge is 2.37. The molecule has 6 nitrogen and oxygen atoms in total. The van der Waals surface area contributed by atoms with Crippen LogP contribution in [-0.4, -0.2) is 10.8 Å². The fourth-order valence-corrected chi connectivity index (χ4v) is 5.44. The Morgan fingerprint density at radius 1 is 1.22 bits per heavy atom. The molecule has 0 unspecified atom stereocenters. The van der Waals surface area contributed by atoms with Crippen LogP contribution in [0.25, 0.3) is 0 Å². The lowest BCUT2D eigenvalue weighted by Crippen LogP contribution is -2.38. The van der Waals surface area contributed by atoms with Gasteiger partial charge in [0.15, 0.2) is 0 Å². The van der Waals surface area contributed by atoms with Gasteiger partial charge in [-0.05, 0) is 42.2 Å². The molecule has 0 radical (unpaired) electrons. The number of nitrogens with zero attached hydrogens (tertiary/aromatic N) is 1. The van der Waals surface area contributed by atoms with Gasteiger partial charge in [0.1, 0.15) is 11.2 Å². The number of carbonyl (C=O) groups is 1. The van der Waals surface area contributed by atoms with Crippen molar-refractivity contribution in [2.75, 3.05) is 5.32 Å². The van der Waals surface area contributed by atoms with E-state index in [0.717, 1.165) is 35.4 Å². The molecule has 1 aliphatic heterocycles. The Morgan fingerprint density at radius 3 is 2.67 bits per heavy atom. The zero-order valence-corrected chi connectivity index (χ0v) is 16.5. The van der Waals surface area contributed by atoms with Gasteiger partial charge in [0, 0.05) is 10.9 Å². The van der Waals surface area contributed by atoms with E-state index in [1.807, 2.05) is 0 Å². The Balaban J connectivity index is 1.68. The van der Waals surface area contributed by atoms with Crippen LogP contribution >= 0.6 is 11.3 Å². The number of thiophene rings is 1. The van der Waals surface area contributed by atoms with Crippen LogP contribution in [0.5, 0.6) is 0 Å². The zero-order chi connectivity index (χ0) is 19.3. The van der Waals surface area contributed by atoms with E-state index >= 15 is 0 Å². The summed E-state index contributed by atoms with van der Waals surface area (Å²) in [6, 6.07) is 6.53. The van der Waals surface area contributed by atoms with Gasteiger partial charge in [-0.1, -0.05) is 32.9 Å². The molecule has 0 saturated carbocycles. The molecule has 1 amide bonds. The molecule has 7 heteroatoms. The van der Waals surface area contributed by atoms with Crippen LogP contribution in [0.4, 0.5) is 10.7 Å². The highest BCUT2D eigenvalue weighted by atomic mass is 32.1. The number of anilines is 1. The van der Waals surface area contributed by atoms with E-state index in [2.05, 4.69) is 31.4 Å². The highest BCUT2D eigenvalue weighted by molar-refractivity contribution is 7.16. The smallest absolute Gasteiger partial charge is 0.276 e. The summed E-state index contributed by atoms with van der Waals surface area (Å²) in [6.07, 6.45) is 2.39. The lowest BCUT2D eigenvalue weighted by Gasteiger charge is -2.34. The molecule has 0 saturated heterocycles. The number of hydrogen-bond donors (Lipinski definition) is 2. The maximum atomic E-state index is 12.8. The standard InChI is InChI=1S/C20H23N3O3S/c1-20(2,3)11-8-9-13-15(10-11)27-19-16(13)18(24)21-17(22-19)12-6-4-5-7-14(12)23(25)26/h4-7,11,17,22H,8-10H2,1-3H3,(H,21,24)/t11-,17+/m1/s1. The van der Waals surface area contributed by atoms with Crippen molar-refractivity contribution in [2.24, 2.45) is 11.3 Å². The summed E-state index contributed by atoms with van der Waals surface area (Å²) >= 11 is 1.63. The van der Waals surface area contributed by atoms with Crippen LogP contribution in [0.1, 0.15) is 59.7 Å². The number of para-hydroxylation sites is 1. The fraction of sp³-hybridized carbons (Fsp3) is 0.450. The fourth-order valence-electron chi connectivity index (χ4n) is 4.09. The Labute approximate surface area is 162 Å². The molecule has 0 spiro atoms. The first-order valence-electron chi connectivity index (χ1n) is 9.21. The number of nitro benzene ring substituents is 1. The third kappa shape index (κ3) is 3.10. The van der Waals surface area contributed by atoms with Crippen LogP contribution in [0, 0.1) is 21.4 Å². The van der Waals surface area contributed by atoms with Crippen molar-refractivity contribution in [3.63, 3.8) is 0 Å². The minimum Gasteiger partial charge on any atom is -0.352 e. The normalized spacial score (nSPS) is 21.7. The zero-order valence-electron chi connectivity index (χ0n) is 15.7. The summed E-state index contributed by atoms with van der Waals surface area (Å²) in [5.74, 6) is 0.456. The number of nitrogens with one attached hydrogen (secondary N) is 2. The van der Waals surface area contributed by atoms with Crippen LogP contribution < -0.4 is 10.6 Å². The SMILES string of the molecule is CC(C)(C)[C@@H]1CCc2c(sc3c2C(=O)N[C@H](c2ccccc2[N+](=O)[O-])N3)C1. The van der Waals surface area contributed by atoms with Gasteiger partial charge >= 0.3 is 0 Å². The molecule has 2 heterocycles. The molecule has 0 bridgehead atoms. The van der Waals surface area contributed by atoms with E-state index < -0.39 is 11.1 Å². The largest absolute Gasteiger partial charge is 0.352 e. The van der Waals surface area contributed by atoms with Crippen molar-refractivity contribution >= 4 is 27.9 Å². The summed E-state index contributed by atoms with van der Waals surface area (Å²) in [5, 5.41) is 18.4. The topological polar surface area (TPSA) is 84.3 Å². The van der Waals surface area contributed by atoms with Gasteiger partial charge in [0.25, 0.3) is 11.6 Å². The van der Waals surface area contributed by atoms with Gasteiger partial charge in [-0.15, -0.1) is 11.3 Å². The molecule has 1 aromatic carbocycles. The molecular formula is C20H23N3O3S. The average Bonchev–Trinajstić information content (AvgIpc) is 2.98. The van der Waals surface area contributed by atoms with Crippen molar-refractivity contribution in [3.05, 3.63) is 55.9 Å². The molecule has 142 valence electrons. The molecule has 2 aliphatic rings. The van der Waals surface area contributed by atoms with Crippen molar-refractivity contribution in [2.45, 2.75) is 46.2 Å². The third-order valence-corrected chi connectivity index (χ3v) is 6.90. The third-order valence-electron chi connectivity index (χ3n) is 5.71. The van der Waals surface area contributed by atoms with E-state index in [4.69, 9.17) is 0 Å². The monoisotopic (exact) mass is 385 g/mol. The summed E-state index contributed by atoms with van der Waals surface area (Å²) in [7, 11) is 0. The number of hydrogen-bond acceptors (Lipinski definition) is 5. The molecule has 2 aromatic rings. The van der Waals surface area contributed by atoms with E-state index in [-0.39, 0.29) is 17.0 Å². The lowest BCUT2D eigenvalue weighted by atomic mass is 9.72. The maximum Gasteiger partial charge on any atom is 0.276 e.